The van der Waals surface area contributed by atoms with Crippen LogP contribution in [0.25, 0.3) is 66.1 Å². The van der Waals surface area contributed by atoms with Crippen LogP contribution in [0.15, 0.2) is 94.3 Å². The summed E-state index contributed by atoms with van der Waals surface area (Å²) in [5, 5.41) is 14.1. The van der Waals surface area contributed by atoms with E-state index < -0.39 is 0 Å². The van der Waals surface area contributed by atoms with Crippen LogP contribution in [-0.2, 0) is 0 Å². The first-order valence-electron chi connectivity index (χ1n) is 10.7. The van der Waals surface area contributed by atoms with Crippen LogP contribution in [0.1, 0.15) is 0 Å². The molecule has 2 aliphatic rings. The minimum atomic E-state index is 1.23. The van der Waals surface area contributed by atoms with Gasteiger partial charge in [0.2, 0.25) is 0 Å². The van der Waals surface area contributed by atoms with Crippen LogP contribution in [0.3, 0.4) is 0 Å². The van der Waals surface area contributed by atoms with Gasteiger partial charge < -0.3 is 9.13 Å². The lowest BCUT2D eigenvalue weighted by atomic mass is 9.87. The standard InChI is InChI=1S/C28H16N2S2/c1-3-17-7-9-24-27-25(17)21(5-1)29(19-11-13-31-15-19)23-10-8-18-4-2-6-22(26(18)28(23)27)30(24)20-12-14-32-16-20/h1-16H. The Kier molecular flexibility index (Phi) is 3.19. The van der Waals surface area contributed by atoms with E-state index in [1.54, 1.807) is 22.7 Å². The third-order valence-electron chi connectivity index (χ3n) is 6.75. The van der Waals surface area contributed by atoms with Gasteiger partial charge in [0.25, 0.3) is 0 Å². The van der Waals surface area contributed by atoms with E-state index in [4.69, 9.17) is 0 Å². The first kappa shape index (κ1) is 17.0. The van der Waals surface area contributed by atoms with Crippen LogP contribution in [0.5, 0.6) is 0 Å². The van der Waals surface area contributed by atoms with Crippen LogP contribution in [0.2, 0.25) is 0 Å². The van der Waals surface area contributed by atoms with Crippen molar-refractivity contribution in [3.63, 3.8) is 0 Å². The highest BCUT2D eigenvalue weighted by Gasteiger charge is 2.26. The molecule has 0 radical (unpaired) electrons. The fourth-order valence-corrected chi connectivity index (χ4v) is 6.77. The summed E-state index contributed by atoms with van der Waals surface area (Å²) < 4.78 is 4.89. The van der Waals surface area contributed by atoms with Gasteiger partial charge in [-0.1, -0.05) is 36.4 Å². The lowest BCUT2D eigenvalue weighted by Crippen LogP contribution is -2.09. The summed E-state index contributed by atoms with van der Waals surface area (Å²) in [4.78, 5) is 0. The molecule has 4 heterocycles. The molecule has 0 saturated heterocycles. The first-order valence-corrected chi connectivity index (χ1v) is 12.6. The van der Waals surface area contributed by atoms with Gasteiger partial charge >= 0.3 is 0 Å². The van der Waals surface area contributed by atoms with Gasteiger partial charge in [-0.05, 0) is 57.9 Å². The zero-order valence-electron chi connectivity index (χ0n) is 16.9. The van der Waals surface area contributed by atoms with E-state index in [9.17, 15) is 0 Å². The van der Waals surface area contributed by atoms with Crippen LogP contribution < -0.4 is 0 Å². The monoisotopic (exact) mass is 444 g/mol. The summed E-state index contributed by atoms with van der Waals surface area (Å²) in [6.07, 6.45) is 0. The Hall–Kier alpha value is -3.60. The molecular weight excluding hydrogens is 428 g/mol. The molecule has 0 aliphatic carbocycles. The van der Waals surface area contributed by atoms with Crippen molar-refractivity contribution in [3.05, 3.63) is 94.3 Å². The second-order valence-corrected chi connectivity index (χ2v) is 9.86. The molecule has 4 heteroatoms. The normalized spacial score (nSPS) is 12.4. The summed E-state index contributed by atoms with van der Waals surface area (Å²) in [6, 6.07) is 27.0. The molecule has 0 saturated carbocycles. The molecule has 8 rings (SSSR count). The molecular formula is C28H16N2S2. The third kappa shape index (κ3) is 1.99. The molecule has 0 atom stereocenters. The van der Waals surface area contributed by atoms with Crippen molar-refractivity contribution in [2.75, 3.05) is 0 Å². The maximum Gasteiger partial charge on any atom is 0.0569 e. The fraction of sp³-hybridized carbons (Fsp3) is 0. The van der Waals surface area contributed by atoms with Gasteiger partial charge in [0.05, 0.1) is 33.4 Å². The van der Waals surface area contributed by atoms with Crippen LogP contribution in [-0.4, -0.2) is 9.13 Å². The van der Waals surface area contributed by atoms with Gasteiger partial charge in [-0.15, -0.1) is 0 Å². The van der Waals surface area contributed by atoms with Gasteiger partial charge in [0.15, 0.2) is 0 Å². The molecule has 6 aromatic rings. The number of hydrogen-bond donors (Lipinski definition) is 0. The number of benzene rings is 4. The number of nitrogens with zero attached hydrogens (tertiary/aromatic N) is 2. The molecule has 4 aromatic carbocycles. The van der Waals surface area contributed by atoms with Crippen LogP contribution in [0, 0.1) is 0 Å². The highest BCUT2D eigenvalue weighted by Crippen LogP contribution is 2.49. The van der Waals surface area contributed by atoms with E-state index in [-0.39, 0.29) is 0 Å². The quantitative estimate of drug-likeness (QED) is 0.187. The van der Waals surface area contributed by atoms with E-state index in [1.165, 1.54) is 66.1 Å². The second-order valence-electron chi connectivity index (χ2n) is 8.30. The van der Waals surface area contributed by atoms with Crippen LogP contribution in [0.4, 0.5) is 0 Å². The van der Waals surface area contributed by atoms with Gasteiger partial charge in [0, 0.05) is 32.7 Å². The van der Waals surface area contributed by atoms with E-state index >= 15 is 0 Å². The largest absolute Gasteiger partial charge is 0.308 e. The maximum atomic E-state index is 2.45. The Morgan fingerprint density at radius 3 is 1.41 bits per heavy atom. The lowest BCUT2D eigenvalue weighted by molar-refractivity contribution is 1.15. The third-order valence-corrected chi connectivity index (χ3v) is 8.09. The number of aromatic nitrogens is 2. The average molecular weight is 445 g/mol. The van der Waals surface area contributed by atoms with Crippen molar-refractivity contribution in [1.82, 2.24) is 9.13 Å². The molecule has 2 nitrogen and oxygen atoms in total. The smallest absolute Gasteiger partial charge is 0.0569 e. The maximum absolute atomic E-state index is 2.45. The molecule has 150 valence electrons. The van der Waals surface area contributed by atoms with Crippen molar-refractivity contribution in [2.24, 2.45) is 0 Å². The topological polar surface area (TPSA) is 9.86 Å². The van der Waals surface area contributed by atoms with Gasteiger partial charge in [0.1, 0.15) is 0 Å². The number of hydrogen-bond acceptors (Lipinski definition) is 2. The summed E-state index contributed by atoms with van der Waals surface area (Å²) in [6.45, 7) is 0. The lowest BCUT2D eigenvalue weighted by Gasteiger charge is -2.28. The molecule has 0 N–H and O–H groups in total. The minimum Gasteiger partial charge on any atom is -0.308 e. The molecule has 0 bridgehead atoms. The van der Waals surface area contributed by atoms with E-state index in [0.717, 1.165) is 0 Å². The first-order chi connectivity index (χ1) is 15.9. The Morgan fingerprint density at radius 1 is 0.469 bits per heavy atom. The molecule has 0 fully saturated rings. The van der Waals surface area contributed by atoms with Crippen molar-refractivity contribution < 1.29 is 0 Å². The predicted octanol–water partition coefficient (Wildman–Crippen LogP) is 8.55. The van der Waals surface area contributed by atoms with E-state index in [2.05, 4.69) is 103 Å². The molecule has 0 spiro atoms. The highest BCUT2D eigenvalue weighted by atomic mass is 32.1. The molecule has 0 unspecified atom stereocenters. The molecule has 0 amide bonds. The van der Waals surface area contributed by atoms with E-state index in [0.29, 0.717) is 0 Å². The SMILES string of the molecule is c1cc2ccc3c4c2c(c1)n(-c1ccsc1)c1ccc2cccc(c2c1-4)n3-c1ccsc1. The van der Waals surface area contributed by atoms with Crippen molar-refractivity contribution in [3.8, 4) is 22.5 Å². The zero-order valence-corrected chi connectivity index (χ0v) is 18.6. The Balaban J connectivity index is 1.77. The molecule has 2 aromatic heterocycles. The molecule has 2 aliphatic heterocycles. The minimum absolute atomic E-state index is 1.23. The highest BCUT2D eigenvalue weighted by molar-refractivity contribution is 7.08. The number of thiophene rings is 2. The Morgan fingerprint density at radius 2 is 0.969 bits per heavy atom. The van der Waals surface area contributed by atoms with E-state index in [1.807, 2.05) is 0 Å². The van der Waals surface area contributed by atoms with Gasteiger partial charge in [-0.2, -0.15) is 22.7 Å². The van der Waals surface area contributed by atoms with Crippen molar-refractivity contribution in [1.29, 1.82) is 0 Å². The van der Waals surface area contributed by atoms with Crippen molar-refractivity contribution >= 4 is 66.3 Å². The average Bonchev–Trinajstić information content (AvgIpc) is 3.55. The summed E-state index contributed by atoms with van der Waals surface area (Å²) >= 11 is 3.49. The van der Waals surface area contributed by atoms with Gasteiger partial charge in [-0.3, -0.25) is 0 Å². The number of pyridine rings is 2. The zero-order chi connectivity index (χ0) is 20.8. The predicted molar refractivity (Wildman–Crippen MR) is 139 cm³/mol. The Labute approximate surface area is 191 Å². The summed E-state index contributed by atoms with van der Waals surface area (Å²) in [5.74, 6) is 0. The van der Waals surface area contributed by atoms with Crippen molar-refractivity contribution in [2.45, 2.75) is 0 Å². The summed E-state index contributed by atoms with van der Waals surface area (Å²) in [7, 11) is 0. The summed E-state index contributed by atoms with van der Waals surface area (Å²) in [5.41, 5.74) is 10.2. The van der Waals surface area contributed by atoms with Crippen LogP contribution >= 0.6 is 22.7 Å². The second kappa shape index (κ2) is 6.00. The van der Waals surface area contributed by atoms with Gasteiger partial charge in [-0.25, -0.2) is 0 Å². The number of rotatable bonds is 2. The molecule has 32 heavy (non-hydrogen) atoms. The Bertz CT molecular complexity index is 1720. The fourth-order valence-electron chi connectivity index (χ4n) is 5.53.